The number of benzene rings is 3. The van der Waals surface area contributed by atoms with Crippen LogP contribution in [0.25, 0.3) is 0 Å². The van der Waals surface area contributed by atoms with Gasteiger partial charge in [0.05, 0.1) is 15.6 Å². The monoisotopic (exact) mass is 388 g/mol. The van der Waals surface area contributed by atoms with Crippen LogP contribution in [0.4, 0.5) is 17.1 Å². The molecule has 29 heavy (non-hydrogen) atoms. The van der Waals surface area contributed by atoms with Gasteiger partial charge in [0.2, 0.25) is 0 Å². The number of rotatable bonds is 4. The Kier molecular flexibility index (Phi) is 4.32. The molecule has 0 aromatic heterocycles. The molecule has 0 amide bonds. The summed E-state index contributed by atoms with van der Waals surface area (Å²) in [5.74, 6) is -0.142. The van der Waals surface area contributed by atoms with Crippen molar-refractivity contribution >= 4 is 28.6 Å². The van der Waals surface area contributed by atoms with Crippen LogP contribution < -0.4 is 5.43 Å². The van der Waals surface area contributed by atoms with Gasteiger partial charge in [-0.25, -0.2) is 0 Å². The summed E-state index contributed by atoms with van der Waals surface area (Å²) in [6.45, 7) is 0. The minimum atomic E-state index is -0.826. The predicted octanol–water partition coefficient (Wildman–Crippen LogP) is 3.91. The molecule has 9 heteroatoms. The van der Waals surface area contributed by atoms with E-state index in [1.165, 1.54) is 12.1 Å². The third-order valence-corrected chi connectivity index (χ3v) is 4.54. The number of para-hydroxylation sites is 1. The molecule has 3 aromatic rings. The molecule has 0 radical (unpaired) electrons. The Balaban J connectivity index is 1.86. The van der Waals surface area contributed by atoms with E-state index in [2.05, 4.69) is 10.5 Å². The van der Waals surface area contributed by atoms with E-state index in [1.807, 2.05) is 0 Å². The van der Waals surface area contributed by atoms with Gasteiger partial charge in [0.25, 0.3) is 0 Å². The molecule has 1 aliphatic carbocycles. The number of nitrogens with zero attached hydrogens (tertiary/aromatic N) is 3. The molecule has 0 saturated carbocycles. The first-order valence-corrected chi connectivity index (χ1v) is 8.48. The predicted molar refractivity (Wildman–Crippen MR) is 105 cm³/mol. The molecule has 0 saturated heterocycles. The third kappa shape index (κ3) is 3.00. The van der Waals surface area contributed by atoms with Gasteiger partial charge < -0.3 is 0 Å². The Morgan fingerprint density at radius 2 is 1.28 bits per heavy atom. The number of hydrogen-bond donors (Lipinski definition) is 1. The van der Waals surface area contributed by atoms with Gasteiger partial charge in [0.1, 0.15) is 5.69 Å². The minimum Gasteiger partial charge on any atom is -0.289 e. The highest BCUT2D eigenvalue weighted by Crippen LogP contribution is 2.35. The Morgan fingerprint density at radius 1 is 0.724 bits per heavy atom. The molecule has 0 unspecified atom stereocenters. The van der Waals surface area contributed by atoms with E-state index in [0.717, 1.165) is 6.07 Å². The first-order chi connectivity index (χ1) is 14.0. The fraction of sp³-hybridized carbons (Fsp3) is 0. The van der Waals surface area contributed by atoms with Crippen LogP contribution in [-0.2, 0) is 0 Å². The Labute approximate surface area is 163 Å². The van der Waals surface area contributed by atoms with Crippen molar-refractivity contribution in [2.45, 2.75) is 0 Å². The first kappa shape index (κ1) is 18.0. The second-order valence-electron chi connectivity index (χ2n) is 6.18. The average molecular weight is 388 g/mol. The van der Waals surface area contributed by atoms with Crippen molar-refractivity contribution in [1.82, 2.24) is 0 Å². The topological polar surface area (TPSA) is 128 Å². The smallest absolute Gasteiger partial charge is 0.289 e. The van der Waals surface area contributed by atoms with Crippen molar-refractivity contribution < 1.29 is 14.6 Å². The maximum absolute atomic E-state index is 12.8. The standard InChI is InChI=1S/C20H12N4O5/c25-20-14-8-3-1-6-12(14)18(13-7-2-4-9-15(13)20)22-21-16-10-5-11-17(23(26)27)19(16)24(28)29/h1-11,21H. The third-order valence-electron chi connectivity index (χ3n) is 4.54. The molecule has 0 bridgehead atoms. The van der Waals surface area contributed by atoms with Gasteiger partial charge in [-0.2, -0.15) is 5.10 Å². The summed E-state index contributed by atoms with van der Waals surface area (Å²) in [5, 5.41) is 26.9. The highest BCUT2D eigenvalue weighted by Gasteiger charge is 2.30. The SMILES string of the molecule is O=C1c2ccccc2C(=NNc2cccc([N+](=O)[O-])c2[N+](=O)[O-])c2ccccc21. The summed E-state index contributed by atoms with van der Waals surface area (Å²) in [5.41, 5.74) is 3.60. The van der Waals surface area contributed by atoms with E-state index >= 15 is 0 Å². The fourth-order valence-electron chi connectivity index (χ4n) is 3.26. The minimum absolute atomic E-state index is 0.122. The van der Waals surface area contributed by atoms with Crippen LogP contribution >= 0.6 is 0 Å². The van der Waals surface area contributed by atoms with Gasteiger partial charge in [-0.1, -0.05) is 54.6 Å². The summed E-state index contributed by atoms with van der Waals surface area (Å²) in [6.07, 6.45) is 0. The number of nitro groups is 2. The van der Waals surface area contributed by atoms with Gasteiger partial charge in [0.15, 0.2) is 5.78 Å². The van der Waals surface area contributed by atoms with Crippen molar-refractivity contribution in [3.8, 4) is 0 Å². The van der Waals surface area contributed by atoms with E-state index in [0.29, 0.717) is 28.0 Å². The normalized spacial score (nSPS) is 12.0. The summed E-state index contributed by atoms with van der Waals surface area (Å²) in [7, 11) is 0. The second kappa shape index (κ2) is 6.97. The summed E-state index contributed by atoms with van der Waals surface area (Å²) < 4.78 is 0. The number of ketones is 1. The van der Waals surface area contributed by atoms with Crippen molar-refractivity contribution in [3.05, 3.63) is 109 Å². The van der Waals surface area contributed by atoms with Crippen LogP contribution in [0.3, 0.4) is 0 Å². The second-order valence-corrected chi connectivity index (χ2v) is 6.18. The Hall–Kier alpha value is -4.40. The summed E-state index contributed by atoms with van der Waals surface area (Å²) >= 11 is 0. The highest BCUT2D eigenvalue weighted by molar-refractivity contribution is 6.30. The van der Waals surface area contributed by atoms with Gasteiger partial charge in [-0.15, -0.1) is 0 Å². The number of carbonyl (C=O) groups is 1. The Morgan fingerprint density at radius 3 is 1.79 bits per heavy atom. The number of nitrogens with one attached hydrogen (secondary N) is 1. The molecule has 1 aliphatic rings. The van der Waals surface area contributed by atoms with Crippen LogP contribution in [-0.4, -0.2) is 21.3 Å². The molecule has 1 N–H and O–H groups in total. The fourth-order valence-corrected chi connectivity index (χ4v) is 3.26. The van der Waals surface area contributed by atoms with Crippen molar-refractivity contribution in [1.29, 1.82) is 0 Å². The number of hydrogen-bond acceptors (Lipinski definition) is 7. The Bertz CT molecular complexity index is 1170. The zero-order valence-electron chi connectivity index (χ0n) is 14.7. The van der Waals surface area contributed by atoms with E-state index in [-0.39, 0.29) is 11.5 Å². The zero-order valence-corrected chi connectivity index (χ0v) is 14.7. The maximum Gasteiger partial charge on any atom is 0.370 e. The van der Waals surface area contributed by atoms with E-state index in [9.17, 15) is 25.0 Å². The molecule has 0 atom stereocenters. The molecule has 0 aliphatic heterocycles. The first-order valence-electron chi connectivity index (χ1n) is 8.48. The molecule has 4 rings (SSSR count). The van der Waals surface area contributed by atoms with Crippen molar-refractivity contribution in [2.24, 2.45) is 5.10 Å². The van der Waals surface area contributed by atoms with E-state index < -0.39 is 21.2 Å². The van der Waals surface area contributed by atoms with Gasteiger partial charge >= 0.3 is 11.4 Å². The lowest BCUT2D eigenvalue weighted by molar-refractivity contribution is -0.421. The zero-order chi connectivity index (χ0) is 20.5. The lowest BCUT2D eigenvalue weighted by Gasteiger charge is -2.20. The van der Waals surface area contributed by atoms with E-state index in [4.69, 9.17) is 0 Å². The molecule has 3 aromatic carbocycles. The molecule has 9 nitrogen and oxygen atoms in total. The van der Waals surface area contributed by atoms with Gasteiger partial charge in [-0.05, 0) is 6.07 Å². The maximum atomic E-state index is 12.8. The molecule has 0 heterocycles. The lowest BCUT2D eigenvalue weighted by Crippen LogP contribution is -2.22. The number of carbonyl (C=O) groups excluding carboxylic acids is 1. The van der Waals surface area contributed by atoms with Crippen LogP contribution in [0.2, 0.25) is 0 Å². The van der Waals surface area contributed by atoms with Crippen molar-refractivity contribution in [3.63, 3.8) is 0 Å². The van der Waals surface area contributed by atoms with Crippen LogP contribution in [0.15, 0.2) is 71.8 Å². The molecular weight excluding hydrogens is 376 g/mol. The van der Waals surface area contributed by atoms with Crippen LogP contribution in [0.1, 0.15) is 27.0 Å². The van der Waals surface area contributed by atoms with E-state index in [1.54, 1.807) is 48.5 Å². The molecular formula is C20H12N4O5. The van der Waals surface area contributed by atoms with Gasteiger partial charge in [0, 0.05) is 28.3 Å². The summed E-state index contributed by atoms with van der Waals surface area (Å²) in [6, 6.07) is 17.5. The average Bonchev–Trinajstić information content (AvgIpc) is 2.73. The van der Waals surface area contributed by atoms with Crippen LogP contribution in [0, 0.1) is 20.2 Å². The molecule has 0 fully saturated rings. The largest absolute Gasteiger partial charge is 0.370 e. The number of nitro benzene ring substituents is 2. The number of fused-ring (bicyclic) bond motifs is 2. The lowest BCUT2D eigenvalue weighted by atomic mass is 9.84. The van der Waals surface area contributed by atoms with Crippen LogP contribution in [0.5, 0.6) is 0 Å². The quantitative estimate of drug-likeness (QED) is 0.417. The highest BCUT2D eigenvalue weighted by atomic mass is 16.6. The summed E-state index contributed by atoms with van der Waals surface area (Å²) in [4.78, 5) is 33.7. The van der Waals surface area contributed by atoms with Crippen molar-refractivity contribution in [2.75, 3.05) is 5.43 Å². The molecule has 0 spiro atoms. The van der Waals surface area contributed by atoms with Gasteiger partial charge in [-0.3, -0.25) is 30.4 Å². The molecule has 142 valence electrons. The number of hydrazone groups is 1. The number of anilines is 1.